The zero-order chi connectivity index (χ0) is 17.8. The van der Waals surface area contributed by atoms with Crippen molar-refractivity contribution >= 4 is 5.91 Å². The first-order valence-electron chi connectivity index (χ1n) is 8.46. The summed E-state index contributed by atoms with van der Waals surface area (Å²) in [4.78, 5) is 27.0. The predicted molar refractivity (Wildman–Crippen MR) is 92.0 cm³/mol. The van der Waals surface area contributed by atoms with Crippen molar-refractivity contribution in [1.82, 2.24) is 9.47 Å². The van der Waals surface area contributed by atoms with Crippen LogP contribution in [-0.4, -0.2) is 39.7 Å². The van der Waals surface area contributed by atoms with Crippen molar-refractivity contribution in [3.8, 4) is 0 Å². The molecule has 0 spiro atoms. The van der Waals surface area contributed by atoms with Crippen LogP contribution in [0.4, 0.5) is 4.39 Å². The number of likely N-dealkylation sites (tertiary alicyclic amines) is 1. The number of aromatic nitrogens is 1. The molecule has 1 aromatic carbocycles. The molecule has 1 N–H and O–H groups in total. The number of carbonyl (C=O) groups excluding carboxylic acids is 1. The van der Waals surface area contributed by atoms with Gasteiger partial charge in [0.2, 0.25) is 0 Å². The zero-order valence-corrected chi connectivity index (χ0v) is 13.9. The van der Waals surface area contributed by atoms with Gasteiger partial charge in [-0.15, -0.1) is 0 Å². The minimum Gasteiger partial charge on any atom is -0.393 e. The summed E-state index contributed by atoms with van der Waals surface area (Å²) in [6.07, 6.45) is 3.05. The third-order valence-corrected chi connectivity index (χ3v) is 4.53. The molecule has 0 saturated carbocycles. The lowest BCUT2D eigenvalue weighted by atomic mass is 10.2. The van der Waals surface area contributed by atoms with E-state index >= 15 is 0 Å². The number of rotatable bonds is 3. The van der Waals surface area contributed by atoms with Gasteiger partial charge in [0, 0.05) is 24.8 Å². The Morgan fingerprint density at radius 2 is 1.96 bits per heavy atom. The van der Waals surface area contributed by atoms with Crippen LogP contribution in [-0.2, 0) is 6.54 Å². The fourth-order valence-electron chi connectivity index (χ4n) is 3.09. The topological polar surface area (TPSA) is 62.5 Å². The van der Waals surface area contributed by atoms with Crippen LogP contribution in [0.2, 0.25) is 0 Å². The van der Waals surface area contributed by atoms with Gasteiger partial charge in [-0.05, 0) is 37.5 Å². The predicted octanol–water partition coefficient (Wildman–Crippen LogP) is 2.02. The van der Waals surface area contributed by atoms with E-state index in [2.05, 4.69) is 0 Å². The van der Waals surface area contributed by atoms with Gasteiger partial charge in [-0.25, -0.2) is 4.39 Å². The molecule has 2 aromatic rings. The lowest BCUT2D eigenvalue weighted by molar-refractivity contribution is 0.0750. The first kappa shape index (κ1) is 17.4. The van der Waals surface area contributed by atoms with Gasteiger partial charge >= 0.3 is 0 Å². The van der Waals surface area contributed by atoms with Crippen molar-refractivity contribution in [2.24, 2.45) is 0 Å². The van der Waals surface area contributed by atoms with Crippen molar-refractivity contribution < 1.29 is 14.3 Å². The maximum Gasteiger partial charge on any atom is 0.263 e. The number of aliphatic hydroxyl groups excluding tert-OH is 1. The number of pyridine rings is 1. The fraction of sp³-hybridized carbons (Fsp3) is 0.368. The molecule has 0 bridgehead atoms. The summed E-state index contributed by atoms with van der Waals surface area (Å²) in [7, 11) is 0. The zero-order valence-electron chi connectivity index (χ0n) is 13.9. The lowest BCUT2D eigenvalue weighted by Gasteiger charge is -2.20. The molecule has 0 unspecified atom stereocenters. The van der Waals surface area contributed by atoms with E-state index in [4.69, 9.17) is 0 Å². The first-order chi connectivity index (χ1) is 12.1. The summed E-state index contributed by atoms with van der Waals surface area (Å²) in [6, 6.07) is 9.40. The van der Waals surface area contributed by atoms with Crippen LogP contribution in [0.1, 0.15) is 35.2 Å². The first-order valence-corrected chi connectivity index (χ1v) is 8.46. The van der Waals surface area contributed by atoms with Gasteiger partial charge in [-0.2, -0.15) is 0 Å². The molecule has 1 aliphatic rings. The van der Waals surface area contributed by atoms with Gasteiger partial charge in [-0.3, -0.25) is 9.59 Å². The Kier molecular flexibility index (Phi) is 5.28. The number of amides is 1. The maximum atomic E-state index is 13.8. The molecule has 1 amide bonds. The van der Waals surface area contributed by atoms with Gasteiger partial charge in [0.15, 0.2) is 0 Å². The van der Waals surface area contributed by atoms with E-state index in [0.717, 1.165) is 0 Å². The standard InChI is InChI=1S/C19H21FN2O3/c20-17-8-2-1-5-14(17)13-22-11-4-7-16(19(22)25)18(24)21-10-3-6-15(23)9-12-21/h1-2,4-5,7-8,11,15,23H,3,6,9-10,12-13H2/t15-/m0/s1. The monoisotopic (exact) mass is 344 g/mol. The molecule has 0 radical (unpaired) electrons. The molecular formula is C19H21FN2O3. The molecule has 1 aliphatic heterocycles. The van der Waals surface area contributed by atoms with Crippen molar-refractivity contribution in [1.29, 1.82) is 0 Å². The number of benzene rings is 1. The summed E-state index contributed by atoms with van der Waals surface area (Å²) in [5.41, 5.74) is 0.0443. The van der Waals surface area contributed by atoms with E-state index in [-0.39, 0.29) is 23.8 Å². The van der Waals surface area contributed by atoms with Crippen molar-refractivity contribution in [2.45, 2.75) is 31.9 Å². The summed E-state index contributed by atoms with van der Waals surface area (Å²) in [5, 5.41) is 9.71. The highest BCUT2D eigenvalue weighted by Gasteiger charge is 2.23. The Morgan fingerprint density at radius 1 is 1.16 bits per heavy atom. The van der Waals surface area contributed by atoms with Crippen LogP contribution in [0, 0.1) is 5.82 Å². The Morgan fingerprint density at radius 3 is 2.76 bits per heavy atom. The van der Waals surface area contributed by atoms with Crippen LogP contribution in [0.3, 0.4) is 0 Å². The molecule has 1 aromatic heterocycles. The van der Waals surface area contributed by atoms with Crippen molar-refractivity contribution in [3.63, 3.8) is 0 Å². The average Bonchev–Trinajstić information content (AvgIpc) is 2.83. The largest absolute Gasteiger partial charge is 0.393 e. The maximum absolute atomic E-state index is 13.8. The van der Waals surface area contributed by atoms with E-state index in [0.29, 0.717) is 37.9 Å². The normalized spacial score (nSPS) is 18.0. The molecule has 3 rings (SSSR count). The average molecular weight is 344 g/mol. The quantitative estimate of drug-likeness (QED) is 0.927. The molecule has 2 heterocycles. The number of halogens is 1. The highest BCUT2D eigenvalue weighted by Crippen LogP contribution is 2.13. The number of hydrogen-bond acceptors (Lipinski definition) is 3. The van der Waals surface area contributed by atoms with Crippen LogP contribution in [0.5, 0.6) is 0 Å². The molecule has 1 atom stereocenters. The fourth-order valence-corrected chi connectivity index (χ4v) is 3.09. The van der Waals surface area contributed by atoms with Crippen LogP contribution in [0.15, 0.2) is 47.4 Å². The molecule has 25 heavy (non-hydrogen) atoms. The molecule has 132 valence electrons. The van der Waals surface area contributed by atoms with Gasteiger partial charge in [0.1, 0.15) is 11.4 Å². The second-order valence-electron chi connectivity index (χ2n) is 6.32. The minimum atomic E-state index is -0.430. The van der Waals surface area contributed by atoms with Crippen LogP contribution < -0.4 is 5.56 Å². The summed E-state index contributed by atoms with van der Waals surface area (Å²) in [5.74, 6) is -0.713. The molecule has 1 fully saturated rings. The van der Waals surface area contributed by atoms with Crippen molar-refractivity contribution in [3.05, 3.63) is 69.9 Å². The summed E-state index contributed by atoms with van der Waals surface area (Å²) >= 11 is 0. The van der Waals surface area contributed by atoms with E-state index in [1.165, 1.54) is 16.7 Å². The highest BCUT2D eigenvalue weighted by atomic mass is 19.1. The number of nitrogens with zero attached hydrogens (tertiary/aromatic N) is 2. The number of carbonyl (C=O) groups is 1. The third-order valence-electron chi connectivity index (χ3n) is 4.53. The van der Waals surface area contributed by atoms with Crippen LogP contribution >= 0.6 is 0 Å². The van der Waals surface area contributed by atoms with E-state index in [1.807, 2.05) is 0 Å². The Labute approximate surface area is 145 Å². The Bertz CT molecular complexity index is 818. The van der Waals surface area contributed by atoms with Crippen molar-refractivity contribution in [2.75, 3.05) is 13.1 Å². The van der Waals surface area contributed by atoms with E-state index < -0.39 is 11.7 Å². The van der Waals surface area contributed by atoms with Gasteiger partial charge < -0.3 is 14.6 Å². The molecular weight excluding hydrogens is 323 g/mol. The highest BCUT2D eigenvalue weighted by molar-refractivity contribution is 5.93. The van der Waals surface area contributed by atoms with Gasteiger partial charge in [-0.1, -0.05) is 18.2 Å². The second kappa shape index (κ2) is 7.61. The smallest absolute Gasteiger partial charge is 0.263 e. The summed E-state index contributed by atoms with van der Waals surface area (Å²) in [6.45, 7) is 1.03. The second-order valence-corrected chi connectivity index (χ2v) is 6.32. The van der Waals surface area contributed by atoms with Gasteiger partial charge in [0.05, 0.1) is 12.6 Å². The number of aliphatic hydroxyl groups is 1. The molecule has 6 heteroatoms. The minimum absolute atomic E-state index is 0.0747. The summed E-state index contributed by atoms with van der Waals surface area (Å²) < 4.78 is 15.2. The Hall–Kier alpha value is -2.47. The SMILES string of the molecule is O=C(c1cccn(Cc2ccccc2F)c1=O)N1CCC[C@H](O)CC1. The number of hydrogen-bond donors (Lipinski definition) is 1. The Balaban J connectivity index is 1.84. The molecule has 0 aliphatic carbocycles. The lowest BCUT2D eigenvalue weighted by Crippen LogP contribution is -2.37. The third kappa shape index (κ3) is 3.96. The van der Waals surface area contributed by atoms with Crippen LogP contribution in [0.25, 0.3) is 0 Å². The van der Waals surface area contributed by atoms with E-state index in [1.54, 1.807) is 35.4 Å². The molecule has 5 nitrogen and oxygen atoms in total. The molecule has 1 saturated heterocycles. The van der Waals surface area contributed by atoms with Gasteiger partial charge in [0.25, 0.3) is 11.5 Å². The van der Waals surface area contributed by atoms with E-state index in [9.17, 15) is 19.1 Å².